The van der Waals surface area contributed by atoms with Crippen LogP contribution >= 0.6 is 0 Å². The van der Waals surface area contributed by atoms with Gasteiger partial charge in [-0.05, 0) is 61.9 Å². The number of rotatable bonds is 5. The molecular weight excluding hydrogens is 552 g/mol. The summed E-state index contributed by atoms with van der Waals surface area (Å²) in [6, 6.07) is 18.6. The van der Waals surface area contributed by atoms with Crippen molar-refractivity contribution in [2.24, 2.45) is 0 Å². The first kappa shape index (κ1) is 31.3. The number of nitrogens with zero attached hydrogens (tertiary/aromatic N) is 4. The molecule has 232 valence electrons. The number of benzene rings is 2. The lowest BCUT2D eigenvalue weighted by Crippen LogP contribution is -2.37. The number of aromatic hydroxyl groups is 2. The predicted molar refractivity (Wildman–Crippen MR) is 174 cm³/mol. The van der Waals surface area contributed by atoms with Crippen molar-refractivity contribution < 1.29 is 10.2 Å². The van der Waals surface area contributed by atoms with Gasteiger partial charge in [0.25, 0.3) is 0 Å². The van der Waals surface area contributed by atoms with Crippen LogP contribution in [0.2, 0.25) is 0 Å². The number of fused-ring (bicyclic) bond motifs is 2. The fraction of sp³-hybridized carbons (Fsp3) is 0.389. The molecule has 4 aromatic rings. The minimum atomic E-state index is -0.299. The van der Waals surface area contributed by atoms with Gasteiger partial charge in [0.2, 0.25) is 10.9 Å². The highest BCUT2D eigenvalue weighted by molar-refractivity contribution is 5.34. The molecule has 6 rings (SSSR count). The van der Waals surface area contributed by atoms with E-state index in [-0.39, 0.29) is 34.4 Å². The van der Waals surface area contributed by atoms with Crippen LogP contribution in [-0.2, 0) is 32.6 Å². The standard InChI is InChI=1S/2C18H22N2O2/c1-12-5-4-6-13(2)15(12)10-19-7-8-20-11-18(22)17(21)9-16(20)14(19)3;1-3-14-4-6-15(7-5-14)11-19-8-9-20-12-18(22)17(21)10-16(20)13(19)2/h4-6,9,11,14,22H,7-8,10H2,1-3H3;4-7,10,12-13,22H,3,8-9,11H2,1-2H3. The van der Waals surface area contributed by atoms with E-state index in [0.717, 1.165) is 57.1 Å². The fourth-order valence-corrected chi connectivity index (χ4v) is 6.34. The third kappa shape index (κ3) is 6.66. The third-order valence-electron chi connectivity index (χ3n) is 9.31. The molecule has 2 N–H and O–H groups in total. The topological polar surface area (TPSA) is 90.9 Å². The summed E-state index contributed by atoms with van der Waals surface area (Å²) in [6.07, 6.45) is 4.17. The van der Waals surface area contributed by atoms with Gasteiger partial charge in [-0.3, -0.25) is 19.4 Å². The monoisotopic (exact) mass is 596 g/mol. The Balaban J connectivity index is 0.000000175. The van der Waals surface area contributed by atoms with E-state index in [2.05, 4.69) is 86.9 Å². The minimum absolute atomic E-state index is 0.154. The molecule has 2 aromatic carbocycles. The molecule has 0 aliphatic carbocycles. The van der Waals surface area contributed by atoms with Crippen LogP contribution in [0.5, 0.6) is 11.5 Å². The summed E-state index contributed by atoms with van der Waals surface area (Å²) in [7, 11) is 0. The van der Waals surface area contributed by atoms with Crippen molar-refractivity contribution in [1.29, 1.82) is 0 Å². The summed E-state index contributed by atoms with van der Waals surface area (Å²) >= 11 is 0. The average molecular weight is 597 g/mol. The normalized spacial score (nSPS) is 18.2. The molecule has 2 atom stereocenters. The Kier molecular flexibility index (Phi) is 9.42. The van der Waals surface area contributed by atoms with Gasteiger partial charge in [-0.1, -0.05) is 49.4 Å². The number of hydrogen-bond donors (Lipinski definition) is 2. The van der Waals surface area contributed by atoms with Gasteiger partial charge in [0, 0.05) is 74.9 Å². The van der Waals surface area contributed by atoms with Crippen molar-refractivity contribution in [3.8, 4) is 11.5 Å². The zero-order valence-electron chi connectivity index (χ0n) is 26.5. The van der Waals surface area contributed by atoms with E-state index < -0.39 is 0 Å². The molecule has 44 heavy (non-hydrogen) atoms. The highest BCUT2D eigenvalue weighted by atomic mass is 16.3. The Labute approximate surface area is 259 Å². The van der Waals surface area contributed by atoms with Crippen molar-refractivity contribution in [3.05, 3.63) is 127 Å². The van der Waals surface area contributed by atoms with Gasteiger partial charge in [-0.15, -0.1) is 0 Å². The Morgan fingerprint density at radius 3 is 1.61 bits per heavy atom. The van der Waals surface area contributed by atoms with Crippen LogP contribution in [0.4, 0.5) is 0 Å². The second-order valence-electron chi connectivity index (χ2n) is 12.1. The third-order valence-corrected chi connectivity index (χ3v) is 9.31. The molecular formula is C36H44N4O4. The van der Waals surface area contributed by atoms with Gasteiger partial charge >= 0.3 is 0 Å². The molecule has 0 bridgehead atoms. The number of pyridine rings is 2. The predicted octanol–water partition coefficient (Wildman–Crippen LogP) is 5.44. The smallest absolute Gasteiger partial charge is 0.223 e. The van der Waals surface area contributed by atoms with Gasteiger partial charge in [0.05, 0.1) is 12.4 Å². The van der Waals surface area contributed by atoms with E-state index in [1.165, 1.54) is 27.8 Å². The molecule has 4 heterocycles. The molecule has 0 amide bonds. The molecule has 0 fully saturated rings. The maximum Gasteiger partial charge on any atom is 0.223 e. The molecule has 0 radical (unpaired) electrons. The maximum atomic E-state index is 11.7. The minimum Gasteiger partial charge on any atom is -0.503 e. The van der Waals surface area contributed by atoms with Crippen LogP contribution in [-0.4, -0.2) is 42.2 Å². The van der Waals surface area contributed by atoms with Gasteiger partial charge in [-0.25, -0.2) is 0 Å². The lowest BCUT2D eigenvalue weighted by molar-refractivity contribution is 0.158. The van der Waals surface area contributed by atoms with Crippen molar-refractivity contribution >= 4 is 0 Å². The van der Waals surface area contributed by atoms with E-state index >= 15 is 0 Å². The van der Waals surface area contributed by atoms with E-state index in [4.69, 9.17) is 0 Å². The number of aromatic nitrogens is 2. The van der Waals surface area contributed by atoms with Crippen LogP contribution < -0.4 is 10.9 Å². The highest BCUT2D eigenvalue weighted by Crippen LogP contribution is 2.29. The second-order valence-corrected chi connectivity index (χ2v) is 12.1. The molecule has 0 spiro atoms. The quantitative estimate of drug-likeness (QED) is 0.319. The molecule has 2 unspecified atom stereocenters. The largest absolute Gasteiger partial charge is 0.503 e. The molecule has 8 heteroatoms. The summed E-state index contributed by atoms with van der Waals surface area (Å²) in [4.78, 5) is 28.2. The average Bonchev–Trinajstić information content (AvgIpc) is 3.00. The van der Waals surface area contributed by atoms with Crippen molar-refractivity contribution in [2.45, 2.75) is 79.3 Å². The Hall–Kier alpha value is -4.14. The molecule has 2 aliphatic rings. The van der Waals surface area contributed by atoms with Crippen LogP contribution in [0, 0.1) is 13.8 Å². The Morgan fingerprint density at radius 2 is 1.14 bits per heavy atom. The van der Waals surface area contributed by atoms with Gasteiger partial charge in [0.15, 0.2) is 11.5 Å². The summed E-state index contributed by atoms with van der Waals surface area (Å²) in [5, 5.41) is 19.2. The summed E-state index contributed by atoms with van der Waals surface area (Å²) in [5.41, 5.74) is 7.96. The molecule has 0 saturated carbocycles. The Morgan fingerprint density at radius 1 is 0.682 bits per heavy atom. The van der Waals surface area contributed by atoms with E-state index in [0.29, 0.717) is 0 Å². The highest BCUT2D eigenvalue weighted by Gasteiger charge is 2.26. The van der Waals surface area contributed by atoms with Gasteiger partial charge < -0.3 is 19.3 Å². The second kappa shape index (κ2) is 13.2. The zero-order chi connectivity index (χ0) is 31.5. The van der Waals surface area contributed by atoms with Gasteiger partial charge in [-0.2, -0.15) is 0 Å². The molecule has 8 nitrogen and oxygen atoms in total. The fourth-order valence-electron chi connectivity index (χ4n) is 6.34. The van der Waals surface area contributed by atoms with Crippen LogP contribution in [0.3, 0.4) is 0 Å². The van der Waals surface area contributed by atoms with Crippen LogP contribution in [0.25, 0.3) is 0 Å². The Bertz CT molecular complexity index is 1720. The van der Waals surface area contributed by atoms with E-state index in [1.54, 1.807) is 24.5 Å². The van der Waals surface area contributed by atoms with Gasteiger partial charge in [0.1, 0.15) is 0 Å². The molecule has 2 aliphatic heterocycles. The summed E-state index contributed by atoms with van der Waals surface area (Å²) in [5.74, 6) is -0.335. The molecule has 2 aromatic heterocycles. The van der Waals surface area contributed by atoms with Crippen molar-refractivity contribution in [2.75, 3.05) is 13.1 Å². The summed E-state index contributed by atoms with van der Waals surface area (Å²) in [6.45, 7) is 15.8. The van der Waals surface area contributed by atoms with E-state index in [9.17, 15) is 19.8 Å². The first-order valence-corrected chi connectivity index (χ1v) is 15.5. The maximum absolute atomic E-state index is 11.7. The lowest BCUT2D eigenvalue weighted by atomic mass is 10.0. The lowest BCUT2D eigenvalue weighted by Gasteiger charge is -2.36. The molecule has 0 saturated heterocycles. The first-order chi connectivity index (χ1) is 21.0. The number of aryl methyl sites for hydroxylation is 3. The first-order valence-electron chi connectivity index (χ1n) is 15.5. The van der Waals surface area contributed by atoms with E-state index in [1.807, 2.05) is 9.13 Å². The summed E-state index contributed by atoms with van der Waals surface area (Å²) < 4.78 is 3.97. The van der Waals surface area contributed by atoms with Crippen molar-refractivity contribution in [3.63, 3.8) is 0 Å². The van der Waals surface area contributed by atoms with Crippen LogP contribution in [0.15, 0.2) is 76.6 Å². The zero-order valence-corrected chi connectivity index (χ0v) is 26.5. The van der Waals surface area contributed by atoms with Crippen molar-refractivity contribution in [1.82, 2.24) is 18.9 Å². The van der Waals surface area contributed by atoms with Crippen LogP contribution in [0.1, 0.15) is 72.1 Å². The number of hydrogen-bond acceptors (Lipinski definition) is 6. The SMILES string of the molecule is CCc1ccc(CN2CCn3cc(O)c(=O)cc3C2C)cc1.Cc1cccc(C)c1CN1CCn2cc(O)c(=O)cc2C1C.